The molecule has 1 saturated carbocycles. The molecular formula is C11H20N2. The molecule has 0 heterocycles. The topological polar surface area (TPSA) is 27.0 Å². The zero-order valence-electron chi connectivity index (χ0n) is 8.63. The van der Waals surface area contributed by atoms with E-state index in [1.807, 2.05) is 0 Å². The first-order valence-electron chi connectivity index (χ1n) is 5.46. The summed E-state index contributed by atoms with van der Waals surface area (Å²) in [6, 6.07) is 2.25. The van der Waals surface area contributed by atoms with E-state index in [4.69, 9.17) is 5.26 Å². The number of hydrogen-bond acceptors (Lipinski definition) is 2. The number of rotatable bonds is 5. The standard InChI is InChI=1S/C11H20N2/c1-2-8-13(9-7-12)10-11-5-3-4-6-11/h11H,2-6,8-10H2,1H3. The summed E-state index contributed by atoms with van der Waals surface area (Å²) in [6.07, 6.45) is 6.72. The summed E-state index contributed by atoms with van der Waals surface area (Å²) in [4.78, 5) is 2.30. The third kappa shape index (κ3) is 3.78. The highest BCUT2D eigenvalue weighted by atomic mass is 15.1. The van der Waals surface area contributed by atoms with Crippen LogP contribution in [0.4, 0.5) is 0 Å². The van der Waals surface area contributed by atoms with Crippen LogP contribution in [0.5, 0.6) is 0 Å². The summed E-state index contributed by atoms with van der Waals surface area (Å²) in [5.41, 5.74) is 0. The fourth-order valence-electron chi connectivity index (χ4n) is 2.21. The molecule has 0 aliphatic heterocycles. The van der Waals surface area contributed by atoms with Crippen LogP contribution in [0.1, 0.15) is 39.0 Å². The van der Waals surface area contributed by atoms with Crippen molar-refractivity contribution in [2.75, 3.05) is 19.6 Å². The Bertz CT molecular complexity index is 165. The third-order valence-electron chi connectivity index (χ3n) is 2.83. The van der Waals surface area contributed by atoms with Gasteiger partial charge in [-0.3, -0.25) is 4.90 Å². The maximum Gasteiger partial charge on any atom is 0.0866 e. The van der Waals surface area contributed by atoms with Gasteiger partial charge >= 0.3 is 0 Å². The van der Waals surface area contributed by atoms with Gasteiger partial charge in [0.05, 0.1) is 12.6 Å². The van der Waals surface area contributed by atoms with Crippen molar-refractivity contribution in [3.05, 3.63) is 0 Å². The first kappa shape index (κ1) is 10.5. The van der Waals surface area contributed by atoms with Gasteiger partial charge in [0.1, 0.15) is 0 Å². The van der Waals surface area contributed by atoms with E-state index in [2.05, 4.69) is 17.9 Å². The molecule has 1 rings (SSSR count). The van der Waals surface area contributed by atoms with Crippen molar-refractivity contribution in [2.24, 2.45) is 5.92 Å². The second-order valence-corrected chi connectivity index (χ2v) is 4.04. The van der Waals surface area contributed by atoms with Crippen molar-refractivity contribution in [1.82, 2.24) is 4.90 Å². The first-order chi connectivity index (χ1) is 6.36. The summed E-state index contributed by atoms with van der Waals surface area (Å²) in [5.74, 6) is 0.875. The monoisotopic (exact) mass is 180 g/mol. The van der Waals surface area contributed by atoms with E-state index in [9.17, 15) is 0 Å². The summed E-state index contributed by atoms with van der Waals surface area (Å²) < 4.78 is 0. The first-order valence-corrected chi connectivity index (χ1v) is 5.46. The molecule has 74 valence electrons. The van der Waals surface area contributed by atoms with Crippen LogP contribution in [0, 0.1) is 17.2 Å². The van der Waals surface area contributed by atoms with Gasteiger partial charge in [-0.15, -0.1) is 0 Å². The Balaban J connectivity index is 2.24. The molecular weight excluding hydrogens is 160 g/mol. The minimum atomic E-state index is 0.615. The van der Waals surface area contributed by atoms with Crippen LogP contribution in [0.25, 0.3) is 0 Å². The van der Waals surface area contributed by atoms with Crippen LogP contribution >= 0.6 is 0 Å². The second-order valence-electron chi connectivity index (χ2n) is 4.04. The molecule has 1 aliphatic carbocycles. The molecule has 0 aromatic carbocycles. The Morgan fingerprint density at radius 2 is 2.08 bits per heavy atom. The molecule has 0 bridgehead atoms. The Morgan fingerprint density at radius 3 is 2.62 bits per heavy atom. The van der Waals surface area contributed by atoms with Crippen molar-refractivity contribution in [1.29, 1.82) is 5.26 Å². The molecule has 2 nitrogen and oxygen atoms in total. The Labute approximate surface area is 81.5 Å². The molecule has 0 radical (unpaired) electrons. The van der Waals surface area contributed by atoms with E-state index in [0.29, 0.717) is 6.54 Å². The van der Waals surface area contributed by atoms with E-state index in [1.54, 1.807) is 0 Å². The Kier molecular flexibility index (Phi) is 4.85. The molecule has 0 amide bonds. The quantitative estimate of drug-likeness (QED) is 0.607. The fraction of sp³-hybridized carbons (Fsp3) is 0.909. The van der Waals surface area contributed by atoms with Crippen molar-refractivity contribution < 1.29 is 0 Å². The lowest BCUT2D eigenvalue weighted by Crippen LogP contribution is -2.29. The molecule has 0 spiro atoms. The summed E-state index contributed by atoms with van der Waals surface area (Å²) in [6.45, 7) is 5.04. The molecule has 1 fully saturated rings. The van der Waals surface area contributed by atoms with Gasteiger partial charge in [0.25, 0.3) is 0 Å². The van der Waals surface area contributed by atoms with Gasteiger partial charge in [0.15, 0.2) is 0 Å². The molecule has 0 N–H and O–H groups in total. The number of nitriles is 1. The minimum Gasteiger partial charge on any atom is -0.290 e. The second kappa shape index (κ2) is 5.99. The molecule has 0 aromatic rings. The Morgan fingerprint density at radius 1 is 1.38 bits per heavy atom. The summed E-state index contributed by atoms with van der Waals surface area (Å²) in [5, 5.41) is 8.65. The van der Waals surface area contributed by atoms with Crippen LogP contribution in [0.15, 0.2) is 0 Å². The molecule has 2 heteroatoms. The molecule has 13 heavy (non-hydrogen) atoms. The van der Waals surface area contributed by atoms with E-state index < -0.39 is 0 Å². The Hall–Kier alpha value is -0.550. The third-order valence-corrected chi connectivity index (χ3v) is 2.83. The normalized spacial score (nSPS) is 17.9. The van der Waals surface area contributed by atoms with Crippen molar-refractivity contribution in [3.63, 3.8) is 0 Å². The van der Waals surface area contributed by atoms with E-state index in [-0.39, 0.29) is 0 Å². The molecule has 0 atom stereocenters. The molecule has 0 saturated heterocycles. The van der Waals surface area contributed by atoms with E-state index in [1.165, 1.54) is 25.7 Å². The van der Waals surface area contributed by atoms with Crippen LogP contribution < -0.4 is 0 Å². The maximum atomic E-state index is 8.65. The van der Waals surface area contributed by atoms with Gasteiger partial charge in [-0.05, 0) is 31.7 Å². The van der Waals surface area contributed by atoms with Crippen molar-refractivity contribution >= 4 is 0 Å². The van der Waals surface area contributed by atoms with Crippen LogP contribution in [-0.4, -0.2) is 24.5 Å². The number of nitrogens with zero attached hydrogens (tertiary/aromatic N) is 2. The highest BCUT2D eigenvalue weighted by Crippen LogP contribution is 2.25. The fourth-order valence-corrected chi connectivity index (χ4v) is 2.21. The van der Waals surface area contributed by atoms with Gasteiger partial charge in [-0.1, -0.05) is 19.8 Å². The highest BCUT2D eigenvalue weighted by Gasteiger charge is 2.17. The minimum absolute atomic E-state index is 0.615. The lowest BCUT2D eigenvalue weighted by atomic mass is 10.1. The van der Waals surface area contributed by atoms with Crippen LogP contribution in [0.2, 0.25) is 0 Å². The van der Waals surface area contributed by atoms with Crippen LogP contribution in [0.3, 0.4) is 0 Å². The zero-order valence-corrected chi connectivity index (χ0v) is 8.63. The van der Waals surface area contributed by atoms with E-state index >= 15 is 0 Å². The maximum absolute atomic E-state index is 8.65. The van der Waals surface area contributed by atoms with Crippen molar-refractivity contribution in [2.45, 2.75) is 39.0 Å². The van der Waals surface area contributed by atoms with Gasteiger partial charge < -0.3 is 0 Å². The SMILES string of the molecule is CCCN(CC#N)CC1CCCC1. The average Bonchev–Trinajstić information content (AvgIpc) is 2.58. The molecule has 1 aliphatic rings. The largest absolute Gasteiger partial charge is 0.290 e. The van der Waals surface area contributed by atoms with Gasteiger partial charge in [-0.2, -0.15) is 5.26 Å². The lowest BCUT2D eigenvalue weighted by molar-refractivity contribution is 0.256. The van der Waals surface area contributed by atoms with Crippen LogP contribution in [-0.2, 0) is 0 Å². The van der Waals surface area contributed by atoms with Crippen molar-refractivity contribution in [3.8, 4) is 6.07 Å². The summed E-state index contributed by atoms with van der Waals surface area (Å²) >= 11 is 0. The lowest BCUT2D eigenvalue weighted by Gasteiger charge is -2.21. The predicted octanol–water partition coefficient (Wildman–Crippen LogP) is 2.41. The van der Waals surface area contributed by atoms with Gasteiger partial charge in [0, 0.05) is 6.54 Å². The summed E-state index contributed by atoms with van der Waals surface area (Å²) in [7, 11) is 0. The average molecular weight is 180 g/mol. The molecule has 0 aromatic heterocycles. The van der Waals surface area contributed by atoms with Gasteiger partial charge in [-0.25, -0.2) is 0 Å². The highest BCUT2D eigenvalue weighted by molar-refractivity contribution is 4.79. The van der Waals surface area contributed by atoms with E-state index in [0.717, 1.165) is 25.4 Å². The van der Waals surface area contributed by atoms with Gasteiger partial charge in [0.2, 0.25) is 0 Å². The zero-order chi connectivity index (χ0) is 9.52. The number of hydrogen-bond donors (Lipinski definition) is 0. The smallest absolute Gasteiger partial charge is 0.0866 e. The predicted molar refractivity (Wildman–Crippen MR) is 54.3 cm³/mol. The molecule has 0 unspecified atom stereocenters.